The van der Waals surface area contributed by atoms with Gasteiger partial charge < -0.3 is 10.4 Å². The zero-order valence-electron chi connectivity index (χ0n) is 12.6. The molecule has 3 atom stereocenters. The molecule has 1 fully saturated rings. The maximum atomic E-state index is 12.2. The predicted octanol–water partition coefficient (Wildman–Crippen LogP) is 1.47. The molecule has 0 aromatic rings. The van der Waals surface area contributed by atoms with Crippen molar-refractivity contribution < 1.29 is 14.7 Å². The second kappa shape index (κ2) is 5.90. The molecule has 5 nitrogen and oxygen atoms in total. The molecule has 0 radical (unpaired) electrons. The van der Waals surface area contributed by atoms with Crippen molar-refractivity contribution >= 4 is 11.9 Å². The normalized spacial score (nSPS) is 26.2. The summed E-state index contributed by atoms with van der Waals surface area (Å²) in [6.07, 6.45) is 1.48. The third-order valence-corrected chi connectivity index (χ3v) is 4.34. The van der Waals surface area contributed by atoms with E-state index in [0.717, 1.165) is 6.42 Å². The lowest BCUT2D eigenvalue weighted by atomic mass is 10.0. The van der Waals surface area contributed by atoms with Gasteiger partial charge in [-0.1, -0.05) is 6.92 Å². The number of likely N-dealkylation sites (tertiary alicyclic amines) is 1. The van der Waals surface area contributed by atoms with Crippen molar-refractivity contribution in [2.45, 2.75) is 65.1 Å². The minimum Gasteiger partial charge on any atom is -0.481 e. The number of rotatable bonds is 5. The Kier molecular flexibility index (Phi) is 4.96. The van der Waals surface area contributed by atoms with Gasteiger partial charge >= 0.3 is 5.97 Å². The van der Waals surface area contributed by atoms with Gasteiger partial charge in [-0.3, -0.25) is 14.5 Å². The number of carboxylic acid groups (broad SMARTS) is 1. The molecule has 0 saturated carbocycles. The van der Waals surface area contributed by atoms with Gasteiger partial charge in [-0.05, 0) is 40.5 Å². The van der Waals surface area contributed by atoms with Crippen molar-refractivity contribution in [2.24, 2.45) is 5.92 Å². The molecule has 0 bridgehead atoms. The van der Waals surface area contributed by atoms with E-state index in [-0.39, 0.29) is 29.4 Å². The summed E-state index contributed by atoms with van der Waals surface area (Å²) in [6.45, 7) is 10.4. The zero-order chi connectivity index (χ0) is 14.8. The first-order valence-electron chi connectivity index (χ1n) is 7.00. The van der Waals surface area contributed by atoms with Gasteiger partial charge in [0.25, 0.3) is 0 Å². The first-order valence-corrected chi connectivity index (χ1v) is 7.00. The van der Waals surface area contributed by atoms with E-state index in [0.29, 0.717) is 13.0 Å². The lowest BCUT2D eigenvalue weighted by Gasteiger charge is -2.32. The molecular weight excluding hydrogens is 244 g/mol. The Morgan fingerprint density at radius 1 is 1.47 bits per heavy atom. The SMILES string of the molecule is CCC(C)(C)NC(=O)C(C)N1CCC(C(=O)O)C1C. The average Bonchev–Trinajstić information content (AvgIpc) is 2.69. The maximum absolute atomic E-state index is 12.2. The Hall–Kier alpha value is -1.10. The molecule has 0 aromatic carbocycles. The summed E-state index contributed by atoms with van der Waals surface area (Å²) < 4.78 is 0. The van der Waals surface area contributed by atoms with Crippen LogP contribution in [0.25, 0.3) is 0 Å². The number of aliphatic carboxylic acids is 1. The van der Waals surface area contributed by atoms with Crippen molar-refractivity contribution in [3.05, 3.63) is 0 Å². The molecule has 1 heterocycles. The van der Waals surface area contributed by atoms with Crippen LogP contribution in [0.2, 0.25) is 0 Å². The Balaban J connectivity index is 2.66. The molecule has 1 saturated heterocycles. The van der Waals surface area contributed by atoms with Gasteiger partial charge in [-0.25, -0.2) is 0 Å². The molecule has 0 aromatic heterocycles. The van der Waals surface area contributed by atoms with E-state index in [9.17, 15) is 9.59 Å². The van der Waals surface area contributed by atoms with Crippen LogP contribution in [0.15, 0.2) is 0 Å². The van der Waals surface area contributed by atoms with Gasteiger partial charge in [0, 0.05) is 18.1 Å². The summed E-state index contributed by atoms with van der Waals surface area (Å²) in [5, 5.41) is 12.1. The van der Waals surface area contributed by atoms with Gasteiger partial charge in [0.15, 0.2) is 0 Å². The first kappa shape index (κ1) is 16.0. The maximum Gasteiger partial charge on any atom is 0.308 e. The van der Waals surface area contributed by atoms with E-state index in [1.54, 1.807) is 0 Å². The van der Waals surface area contributed by atoms with Crippen LogP contribution in [0, 0.1) is 5.92 Å². The summed E-state index contributed by atoms with van der Waals surface area (Å²) in [7, 11) is 0. The van der Waals surface area contributed by atoms with Gasteiger partial charge in [-0.2, -0.15) is 0 Å². The van der Waals surface area contributed by atoms with Gasteiger partial charge in [0.2, 0.25) is 5.91 Å². The number of carbonyl (C=O) groups excluding carboxylic acids is 1. The number of nitrogens with one attached hydrogen (secondary N) is 1. The molecule has 1 aliphatic heterocycles. The van der Waals surface area contributed by atoms with Gasteiger partial charge in [0.05, 0.1) is 12.0 Å². The van der Waals surface area contributed by atoms with Crippen molar-refractivity contribution in [3.8, 4) is 0 Å². The lowest BCUT2D eigenvalue weighted by molar-refractivity contribution is -0.143. The third kappa shape index (κ3) is 3.69. The Labute approximate surface area is 115 Å². The second-order valence-corrected chi connectivity index (χ2v) is 6.11. The smallest absolute Gasteiger partial charge is 0.308 e. The Morgan fingerprint density at radius 3 is 2.47 bits per heavy atom. The second-order valence-electron chi connectivity index (χ2n) is 6.11. The predicted molar refractivity (Wildman–Crippen MR) is 73.9 cm³/mol. The molecule has 110 valence electrons. The Bertz CT molecular complexity index is 355. The van der Waals surface area contributed by atoms with Crippen molar-refractivity contribution in [2.75, 3.05) is 6.54 Å². The lowest BCUT2D eigenvalue weighted by Crippen LogP contribution is -2.53. The summed E-state index contributed by atoms with van der Waals surface area (Å²) in [6, 6.07) is -0.381. The molecule has 1 amide bonds. The van der Waals surface area contributed by atoms with E-state index in [1.165, 1.54) is 0 Å². The van der Waals surface area contributed by atoms with Crippen LogP contribution < -0.4 is 5.32 Å². The van der Waals surface area contributed by atoms with Crippen LogP contribution in [0.4, 0.5) is 0 Å². The highest BCUT2D eigenvalue weighted by Gasteiger charge is 2.40. The van der Waals surface area contributed by atoms with Crippen LogP contribution in [0.1, 0.15) is 47.5 Å². The Morgan fingerprint density at radius 2 is 2.05 bits per heavy atom. The molecule has 19 heavy (non-hydrogen) atoms. The number of carboxylic acids is 1. The number of nitrogens with zero attached hydrogens (tertiary/aromatic N) is 1. The van der Waals surface area contributed by atoms with E-state index in [4.69, 9.17) is 5.11 Å². The third-order valence-electron chi connectivity index (χ3n) is 4.34. The highest BCUT2D eigenvalue weighted by molar-refractivity contribution is 5.82. The molecular formula is C14H26N2O3. The fourth-order valence-corrected chi connectivity index (χ4v) is 2.52. The van der Waals surface area contributed by atoms with Gasteiger partial charge in [0.1, 0.15) is 0 Å². The number of carbonyl (C=O) groups is 2. The van der Waals surface area contributed by atoms with Crippen LogP contribution >= 0.6 is 0 Å². The molecule has 1 rings (SSSR count). The highest BCUT2D eigenvalue weighted by atomic mass is 16.4. The van der Waals surface area contributed by atoms with E-state index >= 15 is 0 Å². The number of amides is 1. The molecule has 0 aliphatic carbocycles. The van der Waals surface area contributed by atoms with Crippen LogP contribution in [0.5, 0.6) is 0 Å². The monoisotopic (exact) mass is 270 g/mol. The molecule has 2 N–H and O–H groups in total. The quantitative estimate of drug-likeness (QED) is 0.794. The average molecular weight is 270 g/mol. The number of hydrogen-bond acceptors (Lipinski definition) is 3. The largest absolute Gasteiger partial charge is 0.481 e. The van der Waals surface area contributed by atoms with Crippen molar-refractivity contribution in [1.82, 2.24) is 10.2 Å². The van der Waals surface area contributed by atoms with E-state index in [1.807, 2.05) is 39.5 Å². The fourth-order valence-electron chi connectivity index (χ4n) is 2.52. The topological polar surface area (TPSA) is 69.6 Å². The van der Waals surface area contributed by atoms with E-state index in [2.05, 4.69) is 5.32 Å². The summed E-state index contributed by atoms with van der Waals surface area (Å²) in [5.41, 5.74) is -0.222. The molecule has 0 spiro atoms. The van der Waals surface area contributed by atoms with Crippen LogP contribution in [-0.2, 0) is 9.59 Å². The van der Waals surface area contributed by atoms with Crippen molar-refractivity contribution in [3.63, 3.8) is 0 Å². The van der Waals surface area contributed by atoms with Gasteiger partial charge in [-0.15, -0.1) is 0 Å². The summed E-state index contributed by atoms with van der Waals surface area (Å²) >= 11 is 0. The first-order chi connectivity index (χ1) is 8.69. The minimum absolute atomic E-state index is 0.0234. The summed E-state index contributed by atoms with van der Waals surface area (Å²) in [5.74, 6) is -1.16. The molecule has 5 heteroatoms. The molecule has 1 aliphatic rings. The standard InChI is InChI=1S/C14H26N2O3/c1-6-14(4,5)15-12(17)10(3)16-8-7-11(9(16)2)13(18)19/h9-11H,6-8H2,1-5H3,(H,15,17)(H,18,19). The minimum atomic E-state index is -0.767. The number of hydrogen-bond donors (Lipinski definition) is 2. The van der Waals surface area contributed by atoms with Crippen LogP contribution in [0.3, 0.4) is 0 Å². The van der Waals surface area contributed by atoms with Crippen molar-refractivity contribution in [1.29, 1.82) is 0 Å². The fraction of sp³-hybridized carbons (Fsp3) is 0.857. The zero-order valence-corrected chi connectivity index (χ0v) is 12.6. The molecule has 3 unspecified atom stereocenters. The van der Waals surface area contributed by atoms with E-state index < -0.39 is 5.97 Å². The highest BCUT2D eigenvalue weighted by Crippen LogP contribution is 2.26. The van der Waals surface area contributed by atoms with Crippen LogP contribution in [-0.4, -0.2) is 46.1 Å². The summed E-state index contributed by atoms with van der Waals surface area (Å²) in [4.78, 5) is 25.3.